The van der Waals surface area contributed by atoms with Gasteiger partial charge in [-0.05, 0) is 24.0 Å². The molecule has 0 radical (unpaired) electrons. The molecule has 7 nitrogen and oxygen atoms in total. The first-order valence-electron chi connectivity index (χ1n) is 12.3. The van der Waals surface area contributed by atoms with Crippen LogP contribution in [-0.4, -0.2) is 69.3 Å². The summed E-state index contributed by atoms with van der Waals surface area (Å²) in [6.07, 6.45) is -24.2. The van der Waals surface area contributed by atoms with E-state index in [9.17, 15) is 25.5 Å². The van der Waals surface area contributed by atoms with Crippen LogP contribution in [0.15, 0.2) is 24.2 Å². The van der Waals surface area contributed by atoms with Crippen molar-refractivity contribution in [1.82, 2.24) is 0 Å². The first-order chi connectivity index (χ1) is 15.2. The largest absolute Gasteiger partial charge is 0.508 e. The Balaban J connectivity index is 2.72. The average molecular weight is 314 g/mol. The summed E-state index contributed by atoms with van der Waals surface area (Å²) >= 11 is 0. The van der Waals surface area contributed by atoms with E-state index in [0.29, 0.717) is 0 Å². The third-order valence-corrected chi connectivity index (χ3v) is 2.18. The molecule has 1 aliphatic heterocycles. The molecule has 0 spiro atoms. The summed E-state index contributed by atoms with van der Waals surface area (Å²) in [6.45, 7) is -8.05. The van der Waals surface area contributed by atoms with E-state index < -0.39 is 85.6 Å². The molecule has 7 heteroatoms. The molecule has 1 aromatic carbocycles. The lowest BCUT2D eigenvalue weighted by molar-refractivity contribution is -0.300. The minimum Gasteiger partial charge on any atom is -0.508 e. The minimum absolute atomic E-state index is 1.19. The number of rotatable bonds is 5. The maximum absolute atomic E-state index is 10.3. The number of phenols is 1. The number of hydrogen-bond donors (Lipinski definition) is 5. The van der Waals surface area contributed by atoms with Crippen LogP contribution < -0.4 is 0 Å². The van der Waals surface area contributed by atoms with Gasteiger partial charge in [0.15, 0.2) is 6.27 Å². The van der Waals surface area contributed by atoms with Crippen LogP contribution in [0.2, 0.25) is 0 Å². The lowest BCUT2D eigenvalue weighted by Gasteiger charge is -2.39. The van der Waals surface area contributed by atoms with Gasteiger partial charge in [-0.1, -0.05) is 12.1 Å². The van der Waals surface area contributed by atoms with E-state index in [1.165, 1.54) is 0 Å². The molecule has 118 valence electrons. The summed E-state index contributed by atoms with van der Waals surface area (Å²) in [4.78, 5) is 0. The maximum Gasteiger partial charge on any atom is 0.186 e. The Kier molecular flexibility index (Phi) is 1.97. The second-order valence-corrected chi connectivity index (χ2v) is 3.55. The smallest absolute Gasteiger partial charge is 0.186 e. The lowest BCUT2D eigenvalue weighted by atomic mass is 9.99. The predicted octanol–water partition coefficient (Wildman–Crippen LogP) is -1.25. The first kappa shape index (κ1) is 5.77. The molecule has 1 aromatic rings. The van der Waals surface area contributed by atoms with Crippen molar-refractivity contribution in [3.8, 4) is 5.75 Å². The number of phenolic OH excluding ortho intramolecular Hbond substituents is 1. The SMILES string of the molecule is [2H]c1c([2H])c(C([2H])([2H])C([2H])([2H])OC2([2H])OC(C([2H])([2H])O)C([2H])(O)C([2H])(O)C2([2H])O)c([2H])c([2H])c1O. The molecule has 0 bridgehead atoms. The molecule has 0 amide bonds. The van der Waals surface area contributed by atoms with Crippen molar-refractivity contribution in [2.45, 2.75) is 37.0 Å². The van der Waals surface area contributed by atoms with Crippen molar-refractivity contribution in [1.29, 1.82) is 0 Å². The molecule has 1 fully saturated rings. The zero-order chi connectivity index (χ0) is 28.0. The van der Waals surface area contributed by atoms with Gasteiger partial charge >= 0.3 is 0 Å². The van der Waals surface area contributed by atoms with Gasteiger partial charge in [0.2, 0.25) is 0 Å². The summed E-state index contributed by atoms with van der Waals surface area (Å²) in [6, 6.07) is -4.98. The van der Waals surface area contributed by atoms with Crippen LogP contribution in [0.1, 0.15) is 24.8 Å². The van der Waals surface area contributed by atoms with E-state index >= 15 is 0 Å². The monoisotopic (exact) mass is 314 g/mol. The third-order valence-electron chi connectivity index (χ3n) is 2.18. The van der Waals surface area contributed by atoms with Gasteiger partial charge < -0.3 is 35.0 Å². The van der Waals surface area contributed by atoms with E-state index in [1.54, 1.807) is 0 Å². The topological polar surface area (TPSA) is 120 Å². The highest BCUT2D eigenvalue weighted by molar-refractivity contribution is 5.25. The summed E-state index contributed by atoms with van der Waals surface area (Å²) in [5.74, 6) is -1.21. The fourth-order valence-corrected chi connectivity index (χ4v) is 1.21. The fourth-order valence-electron chi connectivity index (χ4n) is 1.21. The quantitative estimate of drug-likeness (QED) is 0.461. The number of benzene rings is 1. The van der Waals surface area contributed by atoms with Crippen molar-refractivity contribution < 1.29 is 54.2 Å². The molecular formula is C14H20O7. The molecule has 2 rings (SSSR count). The molecule has 1 aliphatic rings. The minimum atomic E-state index is -4.43. The van der Waals surface area contributed by atoms with Crippen LogP contribution in [0.3, 0.4) is 0 Å². The predicted molar refractivity (Wildman–Crippen MR) is 71.5 cm³/mol. The molecular weight excluding hydrogens is 280 g/mol. The van der Waals surface area contributed by atoms with E-state index in [0.717, 1.165) is 0 Å². The van der Waals surface area contributed by atoms with Crippen molar-refractivity contribution in [3.63, 3.8) is 0 Å². The second-order valence-electron chi connectivity index (χ2n) is 3.55. The molecule has 1 heterocycles. The third kappa shape index (κ3) is 3.91. The molecule has 5 unspecified atom stereocenters. The van der Waals surface area contributed by atoms with Gasteiger partial charge in [-0.2, -0.15) is 0 Å². The fraction of sp³-hybridized carbons (Fsp3) is 0.571. The molecule has 21 heavy (non-hydrogen) atoms. The Hall–Kier alpha value is -1.22. The normalized spacial score (nSPS) is 58.8. The Morgan fingerprint density at radius 1 is 1.19 bits per heavy atom. The number of aromatic hydroxyl groups is 1. The zero-order valence-electron chi connectivity index (χ0n) is 24.1. The van der Waals surface area contributed by atoms with Gasteiger partial charge in [-0.3, -0.25) is 0 Å². The van der Waals surface area contributed by atoms with E-state index in [1.807, 2.05) is 0 Å². The van der Waals surface area contributed by atoms with Crippen molar-refractivity contribution >= 4 is 0 Å². The second kappa shape index (κ2) is 7.17. The maximum atomic E-state index is 10.3. The van der Waals surface area contributed by atoms with Crippen LogP contribution in [-0.2, 0) is 15.8 Å². The average Bonchev–Trinajstić information content (AvgIpc) is 2.66. The number of ether oxygens (including phenoxy) is 2. The summed E-state index contributed by atoms with van der Waals surface area (Å²) in [7, 11) is 0. The van der Waals surface area contributed by atoms with Gasteiger partial charge in [-0.25, -0.2) is 0 Å². The summed E-state index contributed by atoms with van der Waals surface area (Å²) in [5.41, 5.74) is -1.38. The van der Waals surface area contributed by atoms with Crippen LogP contribution in [0.5, 0.6) is 5.75 Å². The van der Waals surface area contributed by atoms with Crippen molar-refractivity contribution in [2.75, 3.05) is 13.1 Å². The Labute approximate surface area is 141 Å². The van der Waals surface area contributed by atoms with Crippen LogP contribution in [0.4, 0.5) is 0 Å². The van der Waals surface area contributed by atoms with Gasteiger partial charge in [0.1, 0.15) is 30.1 Å². The van der Waals surface area contributed by atoms with Crippen LogP contribution >= 0.6 is 0 Å². The molecule has 0 aliphatic carbocycles. The van der Waals surface area contributed by atoms with Crippen molar-refractivity contribution in [3.05, 3.63) is 29.7 Å². The van der Waals surface area contributed by atoms with Gasteiger partial charge in [0.25, 0.3) is 0 Å². The first-order valence-corrected chi connectivity index (χ1v) is 5.29. The molecule has 5 atom stereocenters. The van der Waals surface area contributed by atoms with Crippen molar-refractivity contribution in [2.24, 2.45) is 0 Å². The van der Waals surface area contributed by atoms with Crippen LogP contribution in [0, 0.1) is 0 Å². The highest BCUT2D eigenvalue weighted by atomic mass is 16.7. The Morgan fingerprint density at radius 3 is 2.48 bits per heavy atom. The van der Waals surface area contributed by atoms with Gasteiger partial charge in [-0.15, -0.1) is 0 Å². The van der Waals surface area contributed by atoms with E-state index in [-0.39, 0.29) is 0 Å². The molecule has 1 saturated heterocycles. The highest BCUT2D eigenvalue weighted by Gasteiger charge is 2.43. The molecule has 0 aromatic heterocycles. The highest BCUT2D eigenvalue weighted by Crippen LogP contribution is 2.22. The van der Waals surface area contributed by atoms with E-state index in [2.05, 4.69) is 9.47 Å². The Bertz CT molecular complexity index is 995. The summed E-state index contributed by atoms with van der Waals surface area (Å²) < 4.78 is 117. The van der Waals surface area contributed by atoms with Gasteiger partial charge in [0.05, 0.1) is 29.6 Å². The standard InChI is InChI=1S/C14H20O7/c15-7-10-11(17)12(18)13(19)14(21-10)20-6-5-8-1-3-9(16)4-2-8/h1-4,10-19H,5-7H2/i1D,2D,3D,4D,5D2,6D2,7D2,11D,12D,13D,14D. The zero-order valence-corrected chi connectivity index (χ0v) is 10.1. The summed E-state index contributed by atoms with van der Waals surface area (Å²) in [5, 5.41) is 49.8. The molecule has 5 N–H and O–H groups in total. The Morgan fingerprint density at radius 2 is 1.86 bits per heavy atom. The van der Waals surface area contributed by atoms with Gasteiger partial charge in [0, 0.05) is 2.74 Å². The van der Waals surface area contributed by atoms with Crippen LogP contribution in [0.25, 0.3) is 0 Å². The number of aliphatic hydroxyl groups is 4. The lowest BCUT2D eigenvalue weighted by Crippen LogP contribution is -2.59. The van der Waals surface area contributed by atoms with E-state index in [4.69, 9.17) is 19.2 Å². The molecule has 0 saturated carbocycles. The number of hydrogen-bond acceptors (Lipinski definition) is 7.